The van der Waals surface area contributed by atoms with E-state index in [-0.39, 0.29) is 22.8 Å². The summed E-state index contributed by atoms with van der Waals surface area (Å²) in [5.41, 5.74) is 3.26. The van der Waals surface area contributed by atoms with Crippen molar-refractivity contribution in [3.05, 3.63) is 66.5 Å². The molecule has 0 saturated carbocycles. The third kappa shape index (κ3) is 3.64. The molecule has 2 unspecified atom stereocenters. The van der Waals surface area contributed by atoms with Crippen LogP contribution in [0.3, 0.4) is 0 Å². The molecule has 4 heterocycles. The van der Waals surface area contributed by atoms with Gasteiger partial charge in [0.2, 0.25) is 15.9 Å². The molecule has 0 N–H and O–H groups in total. The van der Waals surface area contributed by atoms with Crippen LogP contribution < -0.4 is 0 Å². The number of piperidine rings is 1. The highest BCUT2D eigenvalue weighted by molar-refractivity contribution is 7.89. The van der Waals surface area contributed by atoms with Crippen LogP contribution >= 0.6 is 11.3 Å². The van der Waals surface area contributed by atoms with Gasteiger partial charge in [-0.3, -0.25) is 9.78 Å². The molecule has 166 valence electrons. The molecule has 2 fully saturated rings. The Morgan fingerprint density at radius 2 is 2.06 bits per heavy atom. The number of carbonyl (C=O) groups is 1. The van der Waals surface area contributed by atoms with Gasteiger partial charge in [-0.15, -0.1) is 17.9 Å². The lowest BCUT2D eigenvalue weighted by molar-refractivity contribution is -0.135. The second kappa shape index (κ2) is 8.38. The van der Waals surface area contributed by atoms with Crippen molar-refractivity contribution in [1.82, 2.24) is 19.2 Å². The summed E-state index contributed by atoms with van der Waals surface area (Å²) in [6.07, 6.45) is 5.53. The summed E-state index contributed by atoms with van der Waals surface area (Å²) in [6.45, 7) is 4.77. The van der Waals surface area contributed by atoms with Crippen molar-refractivity contribution >= 4 is 37.5 Å². The predicted molar refractivity (Wildman–Crippen MR) is 123 cm³/mol. The summed E-state index contributed by atoms with van der Waals surface area (Å²) in [6, 6.07) is 9.58. The Hall–Kier alpha value is -2.62. The Bertz CT molecular complexity index is 1260. The fourth-order valence-corrected chi connectivity index (χ4v) is 7.53. The van der Waals surface area contributed by atoms with Crippen molar-refractivity contribution in [2.75, 3.05) is 6.54 Å². The zero-order valence-corrected chi connectivity index (χ0v) is 19.1. The number of sulfonamides is 1. The van der Waals surface area contributed by atoms with E-state index in [1.165, 1.54) is 15.6 Å². The van der Waals surface area contributed by atoms with Crippen molar-refractivity contribution < 1.29 is 13.2 Å². The van der Waals surface area contributed by atoms with Crippen molar-refractivity contribution in [3.63, 3.8) is 0 Å². The highest BCUT2D eigenvalue weighted by atomic mass is 32.2. The molecule has 0 aliphatic carbocycles. The molecule has 9 heteroatoms. The normalized spacial score (nSPS) is 24.4. The van der Waals surface area contributed by atoms with E-state index in [1.54, 1.807) is 40.9 Å². The lowest BCUT2D eigenvalue weighted by atomic mass is 9.90. The molecule has 2 saturated heterocycles. The van der Waals surface area contributed by atoms with Gasteiger partial charge in [-0.1, -0.05) is 12.1 Å². The molecule has 3 aromatic rings. The minimum absolute atomic E-state index is 0.158. The first-order valence-electron chi connectivity index (χ1n) is 10.7. The van der Waals surface area contributed by atoms with Gasteiger partial charge in [-0.2, -0.15) is 4.31 Å². The lowest BCUT2D eigenvalue weighted by Gasteiger charge is -2.40. The van der Waals surface area contributed by atoms with Gasteiger partial charge in [-0.25, -0.2) is 13.4 Å². The number of benzene rings is 1. The Balaban J connectivity index is 1.55. The number of hydrogen-bond donors (Lipinski definition) is 0. The molecule has 3 atom stereocenters. The Morgan fingerprint density at radius 3 is 2.84 bits per heavy atom. The van der Waals surface area contributed by atoms with E-state index in [2.05, 4.69) is 16.5 Å². The zero-order valence-electron chi connectivity index (χ0n) is 17.5. The SMILES string of the molecule is C=C[C@H]1CN(Cc2ccccn2)C(=O)C2CCCC1N2S(=O)(=O)c1ccc2ncsc2c1. The van der Waals surface area contributed by atoms with Gasteiger partial charge in [-0.05, 0) is 49.6 Å². The van der Waals surface area contributed by atoms with E-state index in [9.17, 15) is 13.2 Å². The van der Waals surface area contributed by atoms with Gasteiger partial charge in [0.05, 0.1) is 32.9 Å². The van der Waals surface area contributed by atoms with Crippen LogP contribution in [0.2, 0.25) is 0 Å². The van der Waals surface area contributed by atoms with Crippen LogP contribution in [-0.2, 0) is 21.4 Å². The number of rotatable bonds is 5. The first-order valence-corrected chi connectivity index (χ1v) is 13.0. The smallest absolute Gasteiger partial charge is 0.244 e. The van der Waals surface area contributed by atoms with Gasteiger partial charge >= 0.3 is 0 Å². The van der Waals surface area contributed by atoms with Gasteiger partial charge in [0, 0.05) is 24.7 Å². The maximum absolute atomic E-state index is 13.9. The second-order valence-electron chi connectivity index (χ2n) is 8.27. The number of nitrogens with zero attached hydrogens (tertiary/aromatic N) is 4. The van der Waals surface area contributed by atoms with E-state index in [1.807, 2.05) is 18.2 Å². The predicted octanol–water partition coefficient (Wildman–Crippen LogP) is 3.45. The van der Waals surface area contributed by atoms with Crippen LogP contribution in [0.25, 0.3) is 10.2 Å². The first kappa shape index (κ1) is 21.2. The van der Waals surface area contributed by atoms with Crippen LogP contribution in [0.1, 0.15) is 25.0 Å². The summed E-state index contributed by atoms with van der Waals surface area (Å²) in [7, 11) is -3.88. The molecule has 32 heavy (non-hydrogen) atoms. The average molecular weight is 469 g/mol. The molecule has 2 bridgehead atoms. The minimum atomic E-state index is -3.88. The number of aromatic nitrogens is 2. The topological polar surface area (TPSA) is 83.5 Å². The van der Waals surface area contributed by atoms with Crippen molar-refractivity contribution in [2.24, 2.45) is 5.92 Å². The monoisotopic (exact) mass is 468 g/mol. The van der Waals surface area contributed by atoms with Gasteiger partial charge < -0.3 is 4.90 Å². The summed E-state index contributed by atoms with van der Waals surface area (Å²) < 4.78 is 30.1. The van der Waals surface area contributed by atoms with E-state index in [0.29, 0.717) is 25.9 Å². The molecule has 5 rings (SSSR count). The van der Waals surface area contributed by atoms with E-state index < -0.39 is 16.1 Å². The van der Waals surface area contributed by atoms with Crippen LogP contribution in [0.4, 0.5) is 0 Å². The molecule has 2 aromatic heterocycles. The second-order valence-corrected chi connectivity index (χ2v) is 11.0. The first-order chi connectivity index (χ1) is 15.5. The third-order valence-electron chi connectivity index (χ3n) is 6.39. The molecule has 1 amide bonds. The summed E-state index contributed by atoms with van der Waals surface area (Å²) in [5.74, 6) is -0.318. The average Bonchev–Trinajstić information content (AvgIpc) is 3.27. The molecule has 0 radical (unpaired) electrons. The van der Waals surface area contributed by atoms with Crippen molar-refractivity contribution in [1.29, 1.82) is 0 Å². The van der Waals surface area contributed by atoms with Gasteiger partial charge in [0.15, 0.2) is 0 Å². The van der Waals surface area contributed by atoms with E-state index >= 15 is 0 Å². The molecular formula is C23H24N4O3S2. The Kier molecular flexibility index (Phi) is 5.56. The summed E-state index contributed by atoms with van der Waals surface area (Å²) >= 11 is 1.40. The van der Waals surface area contributed by atoms with Crippen molar-refractivity contribution in [2.45, 2.75) is 42.8 Å². The zero-order chi connectivity index (χ0) is 22.3. The van der Waals surface area contributed by atoms with Gasteiger partial charge in [0.1, 0.15) is 6.04 Å². The number of amides is 1. The number of thiazole rings is 1. The van der Waals surface area contributed by atoms with Crippen LogP contribution in [-0.4, -0.2) is 52.1 Å². The summed E-state index contributed by atoms with van der Waals surface area (Å²) in [4.78, 5) is 24.2. The van der Waals surface area contributed by atoms with Gasteiger partial charge in [0.25, 0.3) is 0 Å². The fraction of sp³-hybridized carbons (Fsp3) is 0.348. The highest BCUT2D eigenvalue weighted by Gasteiger charge is 2.49. The fourth-order valence-electron chi connectivity index (χ4n) is 4.84. The standard InChI is InChI=1S/C23H24N4O3S2/c1-2-16-13-26(14-17-6-3-4-11-24-17)23(28)21-8-5-7-20(16)27(21)32(29,30)18-9-10-19-22(12-18)31-15-25-19/h2-4,6,9-12,15-16,20-21H,1,5,7-8,13-14H2/t16-,20?,21?/m0/s1. The third-order valence-corrected chi connectivity index (χ3v) is 9.12. The largest absolute Gasteiger partial charge is 0.335 e. The minimum Gasteiger partial charge on any atom is -0.335 e. The number of fused-ring (bicyclic) bond motifs is 3. The highest BCUT2D eigenvalue weighted by Crippen LogP contribution is 2.38. The van der Waals surface area contributed by atoms with Crippen LogP contribution in [0.5, 0.6) is 0 Å². The molecule has 2 aliphatic rings. The molecule has 2 aliphatic heterocycles. The molecule has 1 aromatic carbocycles. The number of carbonyl (C=O) groups excluding carboxylic acids is 1. The maximum Gasteiger partial charge on any atom is 0.244 e. The van der Waals surface area contributed by atoms with Crippen molar-refractivity contribution in [3.8, 4) is 0 Å². The maximum atomic E-state index is 13.9. The van der Waals surface area contributed by atoms with E-state index in [0.717, 1.165) is 22.3 Å². The number of pyridine rings is 1. The molecule has 0 spiro atoms. The van der Waals surface area contributed by atoms with Crippen LogP contribution in [0, 0.1) is 5.92 Å². The molecular weight excluding hydrogens is 444 g/mol. The summed E-state index contributed by atoms with van der Waals surface area (Å²) in [5, 5.41) is 0. The quantitative estimate of drug-likeness (QED) is 0.536. The molecule has 7 nitrogen and oxygen atoms in total. The number of hydrogen-bond acceptors (Lipinski definition) is 6. The Labute approximate surface area is 191 Å². The lowest BCUT2D eigenvalue weighted by Crippen LogP contribution is -2.54. The Morgan fingerprint density at radius 1 is 1.19 bits per heavy atom. The van der Waals surface area contributed by atoms with Crippen LogP contribution in [0.15, 0.2) is 65.7 Å². The van der Waals surface area contributed by atoms with E-state index in [4.69, 9.17) is 0 Å².